The van der Waals surface area contributed by atoms with Crippen molar-refractivity contribution in [3.63, 3.8) is 0 Å². The molecule has 9 nitrogen and oxygen atoms in total. The Hall–Kier alpha value is -2.80. The normalized spacial score (nSPS) is 12.9. The Bertz CT molecular complexity index is 1110. The predicted molar refractivity (Wildman–Crippen MR) is 92.0 cm³/mol. The van der Waals surface area contributed by atoms with Crippen LogP contribution in [0.1, 0.15) is 0 Å². The number of alkyl halides is 3. The molecule has 0 saturated carbocycles. The third kappa shape index (κ3) is 4.04. The third-order valence-corrected chi connectivity index (χ3v) is 4.91. The maximum atomic E-state index is 13.0. The molecule has 0 bridgehead atoms. The third-order valence-electron chi connectivity index (χ3n) is 3.34. The molecule has 0 radical (unpaired) electrons. The predicted octanol–water partition coefficient (Wildman–Crippen LogP) is 2.76. The highest BCUT2D eigenvalue weighted by Crippen LogP contribution is 2.29. The second-order valence-electron chi connectivity index (χ2n) is 5.16. The van der Waals surface area contributed by atoms with E-state index in [0.717, 1.165) is 13.3 Å². The minimum Gasteiger partial charge on any atom is -0.478 e. The van der Waals surface area contributed by atoms with E-state index < -0.39 is 40.4 Å². The topological polar surface area (TPSA) is 119 Å². The van der Waals surface area contributed by atoms with Gasteiger partial charge in [0.25, 0.3) is 22.3 Å². The van der Waals surface area contributed by atoms with Crippen molar-refractivity contribution >= 4 is 38.6 Å². The molecule has 0 aliphatic heterocycles. The Labute approximate surface area is 160 Å². The SMILES string of the molecule is COc1nc(NS(=O)(=O)c2c[nH]c3nc(Cl)ccc23)ncc1OC(F)C(F)F. The zero-order valence-electron chi connectivity index (χ0n) is 13.9. The first kappa shape index (κ1) is 19.9. The van der Waals surface area contributed by atoms with Gasteiger partial charge in [-0.2, -0.15) is 9.37 Å². The number of sulfonamides is 1. The number of methoxy groups -OCH3 is 1. The van der Waals surface area contributed by atoms with Crippen LogP contribution in [0.25, 0.3) is 11.0 Å². The van der Waals surface area contributed by atoms with Crippen molar-refractivity contribution in [1.82, 2.24) is 19.9 Å². The second kappa shape index (κ2) is 7.67. The number of hydrogen-bond acceptors (Lipinski definition) is 7. The zero-order valence-corrected chi connectivity index (χ0v) is 15.4. The lowest BCUT2D eigenvalue weighted by Crippen LogP contribution is -2.20. The van der Waals surface area contributed by atoms with Crippen LogP contribution < -0.4 is 14.2 Å². The number of halogens is 4. The van der Waals surface area contributed by atoms with Gasteiger partial charge in [0.15, 0.2) is 0 Å². The van der Waals surface area contributed by atoms with Gasteiger partial charge in [-0.15, -0.1) is 0 Å². The van der Waals surface area contributed by atoms with Crippen LogP contribution in [0.2, 0.25) is 5.15 Å². The first-order valence-corrected chi connectivity index (χ1v) is 9.23. The van der Waals surface area contributed by atoms with Crippen molar-refractivity contribution in [3.05, 3.63) is 29.7 Å². The van der Waals surface area contributed by atoms with E-state index in [9.17, 15) is 21.6 Å². The van der Waals surface area contributed by atoms with E-state index in [2.05, 4.69) is 29.4 Å². The molecule has 0 amide bonds. The maximum absolute atomic E-state index is 13.0. The molecule has 3 aromatic heterocycles. The summed E-state index contributed by atoms with van der Waals surface area (Å²) in [5.41, 5.74) is 0.246. The van der Waals surface area contributed by atoms with Gasteiger partial charge in [-0.05, 0) is 12.1 Å². The van der Waals surface area contributed by atoms with Crippen molar-refractivity contribution in [2.45, 2.75) is 17.7 Å². The molecule has 3 aromatic rings. The second-order valence-corrected chi connectivity index (χ2v) is 7.20. The standard InChI is InChI=1S/C14H11ClF3N5O4S/c1-26-13-7(27-11(18)10(16)17)4-20-14(22-13)23-28(24,25)8-5-19-12-6(8)2-3-9(15)21-12/h2-5,10-11H,1H3,(H,19,21)(H,20,22,23). The van der Waals surface area contributed by atoms with Crippen molar-refractivity contribution in [1.29, 1.82) is 0 Å². The summed E-state index contributed by atoms with van der Waals surface area (Å²) in [5, 5.41) is 0.436. The lowest BCUT2D eigenvalue weighted by atomic mass is 10.3. The minimum absolute atomic E-state index is 0.156. The Kier molecular flexibility index (Phi) is 5.47. The highest BCUT2D eigenvalue weighted by atomic mass is 35.5. The van der Waals surface area contributed by atoms with Crippen LogP contribution in [0.3, 0.4) is 0 Å². The molecular weight excluding hydrogens is 427 g/mol. The number of nitrogens with zero attached hydrogens (tertiary/aromatic N) is 3. The lowest BCUT2D eigenvalue weighted by molar-refractivity contribution is -0.0681. The quantitative estimate of drug-likeness (QED) is 0.545. The van der Waals surface area contributed by atoms with Crippen LogP contribution in [0.15, 0.2) is 29.4 Å². The summed E-state index contributed by atoms with van der Waals surface area (Å²) < 4.78 is 74.1. The van der Waals surface area contributed by atoms with Crippen molar-refractivity contribution in [2.24, 2.45) is 0 Å². The monoisotopic (exact) mass is 437 g/mol. The summed E-state index contributed by atoms with van der Waals surface area (Å²) in [5.74, 6) is -1.42. The van der Waals surface area contributed by atoms with Crippen molar-refractivity contribution in [2.75, 3.05) is 11.8 Å². The summed E-state index contributed by atoms with van der Waals surface area (Å²) >= 11 is 5.76. The number of nitrogens with one attached hydrogen (secondary N) is 2. The minimum atomic E-state index is -4.16. The van der Waals surface area contributed by atoms with E-state index in [0.29, 0.717) is 0 Å². The van der Waals surface area contributed by atoms with E-state index in [1.807, 2.05) is 0 Å². The van der Waals surface area contributed by atoms with Gasteiger partial charge in [-0.1, -0.05) is 11.6 Å². The zero-order chi connectivity index (χ0) is 20.5. The van der Waals surface area contributed by atoms with Crippen LogP contribution in [0, 0.1) is 0 Å². The molecule has 0 aromatic carbocycles. The molecule has 14 heteroatoms. The molecule has 28 heavy (non-hydrogen) atoms. The van der Waals surface area contributed by atoms with Gasteiger partial charge in [0.2, 0.25) is 11.7 Å². The van der Waals surface area contributed by atoms with Crippen LogP contribution in [0.5, 0.6) is 11.6 Å². The number of pyridine rings is 1. The van der Waals surface area contributed by atoms with Gasteiger partial charge in [0, 0.05) is 11.6 Å². The molecule has 0 aliphatic rings. The van der Waals surface area contributed by atoms with Crippen LogP contribution in [-0.2, 0) is 10.0 Å². The fraction of sp³-hybridized carbons (Fsp3) is 0.214. The van der Waals surface area contributed by atoms with Crippen LogP contribution in [-0.4, -0.2) is 48.2 Å². The van der Waals surface area contributed by atoms with Gasteiger partial charge >= 0.3 is 6.43 Å². The molecule has 150 valence electrons. The number of ether oxygens (including phenoxy) is 2. The smallest absolute Gasteiger partial charge is 0.304 e. The summed E-state index contributed by atoms with van der Waals surface area (Å²) in [6.45, 7) is 0. The molecule has 1 unspecified atom stereocenters. The fourth-order valence-electron chi connectivity index (χ4n) is 2.16. The highest BCUT2D eigenvalue weighted by molar-refractivity contribution is 7.93. The number of anilines is 1. The van der Waals surface area contributed by atoms with Gasteiger partial charge < -0.3 is 14.5 Å². The Balaban J connectivity index is 1.89. The number of H-pyrrole nitrogens is 1. The van der Waals surface area contributed by atoms with E-state index in [4.69, 9.17) is 16.3 Å². The van der Waals surface area contributed by atoms with Crippen LogP contribution >= 0.6 is 11.6 Å². The van der Waals surface area contributed by atoms with E-state index >= 15 is 0 Å². The van der Waals surface area contributed by atoms with E-state index in [1.54, 1.807) is 0 Å². The first-order chi connectivity index (χ1) is 13.2. The molecule has 0 aliphatic carbocycles. The van der Waals surface area contributed by atoms with Crippen LogP contribution in [0.4, 0.5) is 19.1 Å². The summed E-state index contributed by atoms with van der Waals surface area (Å²) in [6, 6.07) is 2.87. The van der Waals surface area contributed by atoms with Gasteiger partial charge in [0.1, 0.15) is 15.7 Å². The molecule has 2 N–H and O–H groups in total. The largest absolute Gasteiger partial charge is 0.478 e. The first-order valence-electron chi connectivity index (χ1n) is 7.37. The summed E-state index contributed by atoms with van der Waals surface area (Å²) in [7, 11) is -3.05. The molecule has 0 spiro atoms. The number of rotatable bonds is 7. The van der Waals surface area contributed by atoms with Gasteiger partial charge in [-0.25, -0.2) is 31.9 Å². The molecule has 3 rings (SSSR count). The van der Waals surface area contributed by atoms with Gasteiger partial charge in [0.05, 0.1) is 13.3 Å². The Morgan fingerprint density at radius 2 is 2.00 bits per heavy atom. The molecule has 1 atom stereocenters. The number of fused-ring (bicyclic) bond motifs is 1. The lowest BCUT2D eigenvalue weighted by Gasteiger charge is -2.13. The Morgan fingerprint density at radius 3 is 2.68 bits per heavy atom. The molecular formula is C14H11ClF3N5O4S. The fourth-order valence-corrected chi connectivity index (χ4v) is 3.42. The van der Waals surface area contributed by atoms with Gasteiger partial charge in [-0.3, -0.25) is 0 Å². The van der Waals surface area contributed by atoms with Crippen molar-refractivity contribution < 1.29 is 31.1 Å². The number of hydrogen-bond donors (Lipinski definition) is 2. The summed E-state index contributed by atoms with van der Waals surface area (Å²) in [4.78, 5) is 13.8. The summed E-state index contributed by atoms with van der Waals surface area (Å²) in [6.07, 6.45) is -4.33. The van der Waals surface area contributed by atoms with E-state index in [-0.39, 0.29) is 21.1 Å². The van der Waals surface area contributed by atoms with E-state index in [1.165, 1.54) is 18.3 Å². The number of aromatic amines is 1. The number of aromatic nitrogens is 4. The van der Waals surface area contributed by atoms with Crippen molar-refractivity contribution in [3.8, 4) is 11.6 Å². The molecule has 0 saturated heterocycles. The molecule has 0 fully saturated rings. The average Bonchev–Trinajstić information content (AvgIpc) is 3.06. The Morgan fingerprint density at radius 1 is 1.25 bits per heavy atom. The highest BCUT2D eigenvalue weighted by Gasteiger charge is 2.25. The molecule has 3 heterocycles. The maximum Gasteiger partial charge on any atom is 0.304 e. The average molecular weight is 438 g/mol.